The molecule has 1 saturated heterocycles. The molecule has 0 aromatic heterocycles. The quantitative estimate of drug-likeness (QED) is 0.603. The molecule has 1 aliphatic heterocycles. The number of hydrogen-bond donors (Lipinski definition) is 2. The Balaban J connectivity index is 2.17. The molecule has 4 heteroatoms. The summed E-state index contributed by atoms with van der Waals surface area (Å²) in [5, 5.41) is 12.9. The lowest BCUT2D eigenvalue weighted by atomic mass is 9.95. The van der Waals surface area contributed by atoms with Gasteiger partial charge in [0.15, 0.2) is 0 Å². The van der Waals surface area contributed by atoms with E-state index in [-0.39, 0.29) is 12.1 Å². The van der Waals surface area contributed by atoms with Gasteiger partial charge in [-0.15, -0.1) is 0 Å². The predicted octanol–water partition coefficient (Wildman–Crippen LogP) is 2.02. The van der Waals surface area contributed by atoms with Gasteiger partial charge in [-0.2, -0.15) is 0 Å². The molecule has 1 aliphatic rings. The minimum Gasteiger partial charge on any atom is -0.394 e. The number of hydrogen-bond acceptors (Lipinski definition) is 4. The van der Waals surface area contributed by atoms with Crippen molar-refractivity contribution < 1.29 is 9.84 Å². The molecular weight excluding hydrogens is 252 g/mol. The first-order chi connectivity index (χ1) is 9.63. The summed E-state index contributed by atoms with van der Waals surface area (Å²) in [6.07, 6.45) is 6.34. The second-order valence-corrected chi connectivity index (χ2v) is 6.23. The van der Waals surface area contributed by atoms with Gasteiger partial charge in [0.25, 0.3) is 0 Å². The van der Waals surface area contributed by atoms with Crippen molar-refractivity contribution in [3.63, 3.8) is 0 Å². The Morgan fingerprint density at radius 3 is 2.80 bits per heavy atom. The van der Waals surface area contributed by atoms with E-state index >= 15 is 0 Å². The first kappa shape index (κ1) is 17.9. The number of nitrogens with zero attached hydrogens (tertiary/aromatic N) is 1. The summed E-state index contributed by atoms with van der Waals surface area (Å²) in [5.41, 5.74) is -0.107. The molecule has 20 heavy (non-hydrogen) atoms. The molecule has 0 bridgehead atoms. The van der Waals surface area contributed by atoms with Crippen LogP contribution in [0.2, 0.25) is 0 Å². The van der Waals surface area contributed by atoms with Crippen LogP contribution in [0.5, 0.6) is 0 Å². The van der Waals surface area contributed by atoms with E-state index in [1.807, 2.05) is 0 Å². The standard InChI is InChI=1S/C16H34N2O2/c1-4-17-16(3,14-19)10-6-7-11-18-12-8-9-15(13-18)20-5-2/h15,17,19H,4-14H2,1-3H3. The number of likely N-dealkylation sites (tertiary alicyclic amines) is 1. The number of likely N-dealkylation sites (N-methyl/N-ethyl adjacent to an activating group) is 1. The number of aliphatic hydroxyl groups excluding tert-OH is 1. The van der Waals surface area contributed by atoms with Crippen LogP contribution in [0.15, 0.2) is 0 Å². The average molecular weight is 286 g/mol. The summed E-state index contributed by atoms with van der Waals surface area (Å²) in [5.74, 6) is 0. The summed E-state index contributed by atoms with van der Waals surface area (Å²) in [6, 6.07) is 0. The molecule has 1 rings (SSSR count). The molecule has 2 unspecified atom stereocenters. The third-order valence-electron chi connectivity index (χ3n) is 4.27. The van der Waals surface area contributed by atoms with Gasteiger partial charge in [-0.1, -0.05) is 13.3 Å². The minimum absolute atomic E-state index is 0.107. The zero-order valence-corrected chi connectivity index (χ0v) is 13.7. The van der Waals surface area contributed by atoms with E-state index in [2.05, 4.69) is 31.0 Å². The minimum atomic E-state index is -0.107. The number of rotatable bonds is 10. The second-order valence-electron chi connectivity index (χ2n) is 6.23. The molecule has 0 amide bonds. The number of aliphatic hydroxyl groups is 1. The van der Waals surface area contributed by atoms with Crippen molar-refractivity contribution in [2.45, 2.75) is 64.5 Å². The third-order valence-corrected chi connectivity index (χ3v) is 4.27. The average Bonchev–Trinajstić information content (AvgIpc) is 2.45. The highest BCUT2D eigenvalue weighted by Gasteiger charge is 2.22. The summed E-state index contributed by atoms with van der Waals surface area (Å²) in [4.78, 5) is 2.54. The van der Waals surface area contributed by atoms with Crippen LogP contribution in [-0.2, 0) is 4.74 Å². The molecular formula is C16H34N2O2. The Bertz CT molecular complexity index is 249. The van der Waals surface area contributed by atoms with Crippen LogP contribution in [-0.4, -0.2) is 61.0 Å². The highest BCUT2D eigenvalue weighted by Crippen LogP contribution is 2.16. The molecule has 0 aromatic rings. The molecule has 120 valence electrons. The van der Waals surface area contributed by atoms with Crippen molar-refractivity contribution in [2.24, 2.45) is 0 Å². The maximum absolute atomic E-state index is 9.47. The first-order valence-corrected chi connectivity index (χ1v) is 8.33. The van der Waals surface area contributed by atoms with Crippen molar-refractivity contribution >= 4 is 0 Å². The zero-order chi connectivity index (χ0) is 14.8. The monoisotopic (exact) mass is 286 g/mol. The van der Waals surface area contributed by atoms with Gasteiger partial charge in [0.05, 0.1) is 12.7 Å². The summed E-state index contributed by atoms with van der Waals surface area (Å²) in [6.45, 7) is 11.7. The summed E-state index contributed by atoms with van der Waals surface area (Å²) in [7, 11) is 0. The fourth-order valence-corrected chi connectivity index (χ4v) is 3.09. The summed E-state index contributed by atoms with van der Waals surface area (Å²) < 4.78 is 5.74. The van der Waals surface area contributed by atoms with E-state index in [9.17, 15) is 5.11 Å². The van der Waals surface area contributed by atoms with Crippen molar-refractivity contribution in [2.75, 3.05) is 39.4 Å². The van der Waals surface area contributed by atoms with E-state index in [4.69, 9.17) is 4.74 Å². The van der Waals surface area contributed by atoms with Crippen LogP contribution in [0, 0.1) is 0 Å². The zero-order valence-electron chi connectivity index (χ0n) is 13.7. The highest BCUT2D eigenvalue weighted by atomic mass is 16.5. The van der Waals surface area contributed by atoms with Gasteiger partial charge < -0.3 is 20.1 Å². The van der Waals surface area contributed by atoms with Crippen LogP contribution in [0.25, 0.3) is 0 Å². The van der Waals surface area contributed by atoms with Crippen molar-refractivity contribution in [3.8, 4) is 0 Å². The van der Waals surface area contributed by atoms with E-state index in [1.54, 1.807) is 0 Å². The lowest BCUT2D eigenvalue weighted by Crippen LogP contribution is -2.45. The third kappa shape index (κ3) is 6.53. The van der Waals surface area contributed by atoms with Crippen molar-refractivity contribution in [1.29, 1.82) is 0 Å². The number of unbranched alkanes of at least 4 members (excludes halogenated alkanes) is 1. The van der Waals surface area contributed by atoms with Gasteiger partial charge in [-0.25, -0.2) is 0 Å². The smallest absolute Gasteiger partial charge is 0.0702 e. The van der Waals surface area contributed by atoms with Gasteiger partial charge >= 0.3 is 0 Å². The number of piperidine rings is 1. The Hall–Kier alpha value is -0.160. The lowest BCUT2D eigenvalue weighted by Gasteiger charge is -2.33. The van der Waals surface area contributed by atoms with Crippen LogP contribution in [0.1, 0.15) is 52.9 Å². The Labute approximate surface area is 124 Å². The Morgan fingerprint density at radius 2 is 2.15 bits per heavy atom. The predicted molar refractivity (Wildman–Crippen MR) is 84.1 cm³/mol. The molecule has 0 saturated carbocycles. The summed E-state index contributed by atoms with van der Waals surface area (Å²) >= 11 is 0. The van der Waals surface area contributed by atoms with Crippen LogP contribution >= 0.6 is 0 Å². The van der Waals surface area contributed by atoms with Gasteiger partial charge in [0.2, 0.25) is 0 Å². The molecule has 0 aromatic carbocycles. The normalized spacial score (nSPS) is 23.7. The van der Waals surface area contributed by atoms with E-state index in [0.717, 1.165) is 32.7 Å². The molecule has 0 aliphatic carbocycles. The maximum atomic E-state index is 9.47. The lowest BCUT2D eigenvalue weighted by molar-refractivity contribution is 0.00540. The molecule has 0 radical (unpaired) electrons. The molecule has 2 N–H and O–H groups in total. The molecule has 0 spiro atoms. The van der Waals surface area contributed by atoms with Crippen LogP contribution in [0.4, 0.5) is 0 Å². The first-order valence-electron chi connectivity index (χ1n) is 8.33. The fraction of sp³-hybridized carbons (Fsp3) is 1.00. The largest absolute Gasteiger partial charge is 0.394 e. The highest BCUT2D eigenvalue weighted by molar-refractivity contribution is 4.82. The molecule has 1 heterocycles. The van der Waals surface area contributed by atoms with Crippen molar-refractivity contribution in [1.82, 2.24) is 10.2 Å². The fourth-order valence-electron chi connectivity index (χ4n) is 3.09. The molecule has 4 nitrogen and oxygen atoms in total. The van der Waals surface area contributed by atoms with Gasteiger partial charge in [-0.05, 0) is 59.2 Å². The van der Waals surface area contributed by atoms with Gasteiger partial charge in [0.1, 0.15) is 0 Å². The Morgan fingerprint density at radius 1 is 1.35 bits per heavy atom. The molecule has 1 fully saturated rings. The van der Waals surface area contributed by atoms with Gasteiger partial charge in [0, 0.05) is 18.7 Å². The van der Waals surface area contributed by atoms with Crippen LogP contribution < -0.4 is 5.32 Å². The SMILES string of the molecule is CCNC(C)(CO)CCCCN1CCCC(OCC)C1. The number of ether oxygens (including phenoxy) is 1. The van der Waals surface area contributed by atoms with E-state index in [1.165, 1.54) is 32.2 Å². The Kier molecular flexibility index (Phi) is 8.69. The molecule has 2 atom stereocenters. The topological polar surface area (TPSA) is 44.7 Å². The van der Waals surface area contributed by atoms with E-state index in [0.29, 0.717) is 6.10 Å². The van der Waals surface area contributed by atoms with Crippen molar-refractivity contribution in [3.05, 3.63) is 0 Å². The van der Waals surface area contributed by atoms with Crippen LogP contribution in [0.3, 0.4) is 0 Å². The number of nitrogens with one attached hydrogen (secondary N) is 1. The maximum Gasteiger partial charge on any atom is 0.0702 e. The second kappa shape index (κ2) is 9.72. The van der Waals surface area contributed by atoms with E-state index < -0.39 is 0 Å². The van der Waals surface area contributed by atoms with Gasteiger partial charge in [-0.3, -0.25) is 0 Å².